The van der Waals surface area contributed by atoms with Crippen molar-refractivity contribution >= 4 is 15.9 Å². The van der Waals surface area contributed by atoms with Crippen LogP contribution in [0.2, 0.25) is 0 Å². The highest BCUT2D eigenvalue weighted by atomic mass is 32.2. The van der Waals surface area contributed by atoms with Crippen LogP contribution in [-0.2, 0) is 10.0 Å². The van der Waals surface area contributed by atoms with Gasteiger partial charge in [-0.3, -0.25) is 4.79 Å². The van der Waals surface area contributed by atoms with Gasteiger partial charge in [0, 0.05) is 12.4 Å². The Balaban J connectivity index is 1.84. The van der Waals surface area contributed by atoms with E-state index in [1.807, 2.05) is 6.92 Å². The van der Waals surface area contributed by atoms with Gasteiger partial charge in [0.1, 0.15) is 11.6 Å². The first kappa shape index (κ1) is 19.6. The third-order valence-corrected chi connectivity index (χ3v) is 5.87. The molecule has 0 fully saturated rings. The zero-order valence-corrected chi connectivity index (χ0v) is 15.9. The van der Waals surface area contributed by atoms with Gasteiger partial charge in [0.15, 0.2) is 6.61 Å². The Labute approximate surface area is 160 Å². The molecule has 146 valence electrons. The number of imidazole rings is 1. The van der Waals surface area contributed by atoms with Gasteiger partial charge in [0.2, 0.25) is 0 Å². The molecule has 0 bridgehead atoms. The van der Waals surface area contributed by atoms with Crippen LogP contribution in [0.5, 0.6) is 5.75 Å². The van der Waals surface area contributed by atoms with E-state index in [4.69, 9.17) is 4.74 Å². The summed E-state index contributed by atoms with van der Waals surface area (Å²) in [6, 6.07) is 9.51. The number of carbonyl (C=O) groups excluding carboxylic acids is 1. The maximum atomic E-state index is 12.9. The van der Waals surface area contributed by atoms with Gasteiger partial charge in [0.25, 0.3) is 15.9 Å². The molecule has 1 heterocycles. The zero-order chi connectivity index (χ0) is 20.5. The highest BCUT2D eigenvalue weighted by Gasteiger charge is 2.23. The summed E-state index contributed by atoms with van der Waals surface area (Å²) in [5.41, 5.74) is 0.653. The minimum atomic E-state index is -4.14. The number of benzene rings is 2. The van der Waals surface area contributed by atoms with E-state index in [2.05, 4.69) is 0 Å². The monoisotopic (exact) mass is 404 g/mol. The average Bonchev–Trinajstić information content (AvgIpc) is 3.05. The second-order valence-electron chi connectivity index (χ2n) is 6.13. The van der Waals surface area contributed by atoms with E-state index in [1.54, 1.807) is 13.0 Å². The van der Waals surface area contributed by atoms with Gasteiger partial charge in [-0.2, -0.15) is 3.97 Å². The Bertz CT molecular complexity index is 1190. The maximum absolute atomic E-state index is 12.9. The van der Waals surface area contributed by atoms with Crippen LogP contribution in [0.15, 0.2) is 64.5 Å². The normalized spacial score (nSPS) is 11.4. The van der Waals surface area contributed by atoms with Crippen molar-refractivity contribution in [3.8, 4) is 5.75 Å². The minimum Gasteiger partial charge on any atom is -0.484 e. The van der Waals surface area contributed by atoms with E-state index in [1.165, 1.54) is 36.4 Å². The second kappa shape index (κ2) is 7.43. The van der Waals surface area contributed by atoms with Crippen molar-refractivity contribution in [1.29, 1.82) is 0 Å². The first-order valence-corrected chi connectivity index (χ1v) is 9.68. The third kappa shape index (κ3) is 3.74. The van der Waals surface area contributed by atoms with Gasteiger partial charge in [-0.15, -0.1) is 0 Å². The van der Waals surface area contributed by atoms with E-state index >= 15 is 0 Å². The van der Waals surface area contributed by atoms with Crippen molar-refractivity contribution < 1.29 is 22.3 Å². The van der Waals surface area contributed by atoms with Gasteiger partial charge in [-0.1, -0.05) is 6.07 Å². The summed E-state index contributed by atoms with van der Waals surface area (Å²) in [4.78, 5) is 24.6. The number of aromatic nitrogens is 2. The van der Waals surface area contributed by atoms with Crippen LogP contribution in [0.1, 0.15) is 15.9 Å². The summed E-state index contributed by atoms with van der Waals surface area (Å²) in [7, 11) is -4.14. The molecule has 0 N–H and O–H groups in total. The first-order valence-electron chi connectivity index (χ1n) is 8.24. The summed E-state index contributed by atoms with van der Waals surface area (Å²) in [6.45, 7) is 3.09. The number of carbonyl (C=O) groups is 1. The summed E-state index contributed by atoms with van der Waals surface area (Å²) in [6.07, 6.45) is 2.08. The molecule has 0 unspecified atom stereocenters. The lowest BCUT2D eigenvalue weighted by Crippen LogP contribution is -2.34. The van der Waals surface area contributed by atoms with Gasteiger partial charge in [0.05, 0.1) is 4.90 Å². The molecule has 28 heavy (non-hydrogen) atoms. The van der Waals surface area contributed by atoms with Crippen LogP contribution in [-0.4, -0.2) is 29.5 Å². The van der Waals surface area contributed by atoms with E-state index in [0.717, 1.165) is 23.5 Å². The fraction of sp³-hybridized carbons (Fsp3) is 0.158. The summed E-state index contributed by atoms with van der Waals surface area (Å²) < 4.78 is 44.7. The lowest BCUT2D eigenvalue weighted by Gasteiger charge is -2.07. The van der Waals surface area contributed by atoms with Crippen LogP contribution in [0, 0.1) is 19.7 Å². The Hall–Kier alpha value is -3.20. The molecule has 0 saturated carbocycles. The second-order valence-corrected chi connectivity index (χ2v) is 7.95. The molecule has 0 radical (unpaired) electrons. The number of halogens is 1. The number of nitrogens with zero attached hydrogens (tertiary/aromatic N) is 2. The van der Waals surface area contributed by atoms with Crippen molar-refractivity contribution in [2.24, 2.45) is 0 Å². The van der Waals surface area contributed by atoms with Crippen molar-refractivity contribution in [3.05, 3.63) is 82.3 Å². The number of hydrogen-bond acceptors (Lipinski definition) is 5. The smallest absolute Gasteiger partial charge is 0.349 e. The molecular weight excluding hydrogens is 387 g/mol. The predicted molar refractivity (Wildman–Crippen MR) is 99.7 cm³/mol. The van der Waals surface area contributed by atoms with Gasteiger partial charge < -0.3 is 4.74 Å². The molecule has 2 aromatic carbocycles. The Morgan fingerprint density at radius 3 is 2.36 bits per heavy atom. The fourth-order valence-electron chi connectivity index (χ4n) is 2.47. The number of ether oxygens (including phenoxy) is 1. The maximum Gasteiger partial charge on any atom is 0.349 e. The Morgan fingerprint density at radius 2 is 1.71 bits per heavy atom. The molecule has 0 atom stereocenters. The van der Waals surface area contributed by atoms with Crippen molar-refractivity contribution in [2.75, 3.05) is 6.61 Å². The Morgan fingerprint density at radius 1 is 1.04 bits per heavy atom. The highest BCUT2D eigenvalue weighted by Crippen LogP contribution is 2.17. The van der Waals surface area contributed by atoms with Gasteiger partial charge >= 0.3 is 5.69 Å². The quantitative estimate of drug-likeness (QED) is 0.652. The van der Waals surface area contributed by atoms with Crippen molar-refractivity contribution in [2.45, 2.75) is 18.7 Å². The molecule has 1 aromatic heterocycles. The predicted octanol–water partition coefficient (Wildman–Crippen LogP) is 2.36. The SMILES string of the molecule is Cc1ccc(S(=O)(=O)n2ccn(C(=O)COc3ccc(F)cc3)c2=O)cc1C. The molecule has 0 saturated heterocycles. The van der Waals surface area contributed by atoms with Gasteiger partial charge in [-0.25, -0.2) is 22.2 Å². The Kier molecular flexibility index (Phi) is 5.19. The molecule has 0 aliphatic carbocycles. The fourth-order valence-corrected chi connectivity index (χ4v) is 3.77. The van der Waals surface area contributed by atoms with Gasteiger partial charge in [-0.05, 0) is 61.4 Å². The minimum absolute atomic E-state index is 0.0505. The standard InChI is InChI=1S/C19H17FN2O5S/c1-13-3-8-17(11-14(13)2)28(25,26)22-10-9-21(19(22)24)18(23)12-27-16-6-4-15(20)5-7-16/h3-11H,12H2,1-2H3. The topological polar surface area (TPSA) is 87.4 Å². The van der Waals surface area contributed by atoms with Crippen LogP contribution in [0.4, 0.5) is 4.39 Å². The number of aryl methyl sites for hydroxylation is 2. The average molecular weight is 404 g/mol. The number of hydrogen-bond donors (Lipinski definition) is 0. The van der Waals surface area contributed by atoms with Crippen LogP contribution >= 0.6 is 0 Å². The number of rotatable bonds is 5. The summed E-state index contributed by atoms with van der Waals surface area (Å²) >= 11 is 0. The van der Waals surface area contributed by atoms with E-state index in [0.29, 0.717) is 8.54 Å². The lowest BCUT2D eigenvalue weighted by molar-refractivity contribution is 0.0833. The molecule has 0 aliphatic heterocycles. The molecule has 3 rings (SSSR count). The summed E-state index contributed by atoms with van der Waals surface area (Å²) in [5, 5.41) is 0. The largest absolute Gasteiger partial charge is 0.484 e. The molecule has 9 heteroatoms. The lowest BCUT2D eigenvalue weighted by atomic mass is 10.1. The van der Waals surface area contributed by atoms with Crippen molar-refractivity contribution in [1.82, 2.24) is 8.54 Å². The molecule has 3 aromatic rings. The molecule has 7 nitrogen and oxygen atoms in total. The van der Waals surface area contributed by atoms with E-state index < -0.39 is 34.0 Å². The molecular formula is C19H17FN2O5S. The van der Waals surface area contributed by atoms with Crippen molar-refractivity contribution in [3.63, 3.8) is 0 Å². The molecule has 0 aliphatic rings. The first-order chi connectivity index (χ1) is 13.2. The van der Waals surface area contributed by atoms with Crippen LogP contribution in [0.3, 0.4) is 0 Å². The van der Waals surface area contributed by atoms with Crippen LogP contribution in [0.25, 0.3) is 0 Å². The van der Waals surface area contributed by atoms with E-state index in [-0.39, 0.29) is 10.6 Å². The molecule has 0 spiro atoms. The third-order valence-electron chi connectivity index (χ3n) is 4.23. The van der Waals surface area contributed by atoms with E-state index in [9.17, 15) is 22.4 Å². The summed E-state index contributed by atoms with van der Waals surface area (Å²) in [5.74, 6) is -0.975. The van der Waals surface area contributed by atoms with Crippen LogP contribution < -0.4 is 10.4 Å². The zero-order valence-electron chi connectivity index (χ0n) is 15.1. The highest BCUT2D eigenvalue weighted by molar-refractivity contribution is 7.90. The molecule has 0 amide bonds.